The van der Waals surface area contributed by atoms with Crippen molar-refractivity contribution in [3.8, 4) is 22.8 Å². The predicted molar refractivity (Wildman–Crippen MR) is 86.2 cm³/mol. The van der Waals surface area contributed by atoms with E-state index in [1.165, 1.54) is 0 Å². The smallest absolute Gasteiger partial charge is 0.200 e. The minimum atomic E-state index is 0.264. The maximum absolute atomic E-state index is 6.26. The average molecular weight is 382 g/mol. The highest BCUT2D eigenvalue weighted by atomic mass is 79.9. The molecule has 0 atom stereocenters. The number of hydrogen-bond acceptors (Lipinski definition) is 4. The summed E-state index contributed by atoms with van der Waals surface area (Å²) in [5.41, 5.74) is 1.43. The molecule has 0 radical (unpaired) electrons. The summed E-state index contributed by atoms with van der Waals surface area (Å²) >= 11 is 15.9. The fourth-order valence-electron chi connectivity index (χ4n) is 1.78. The molecule has 7 heteroatoms. The van der Waals surface area contributed by atoms with Crippen molar-refractivity contribution in [3.05, 3.63) is 57.5 Å². The third-order valence-electron chi connectivity index (χ3n) is 2.72. The number of aromatic nitrogens is 4. The van der Waals surface area contributed by atoms with Gasteiger partial charge in [0.05, 0.1) is 5.56 Å². The standard InChI is InChI=1S/C14H7BrCl2N4/c15-9-4-2-8(3-5-9)10-11(16)20-14(21-12(10)17)13-18-6-1-7-19-13/h1-7H. The van der Waals surface area contributed by atoms with Crippen LogP contribution in [0.2, 0.25) is 10.3 Å². The van der Waals surface area contributed by atoms with Crippen molar-refractivity contribution in [2.24, 2.45) is 0 Å². The van der Waals surface area contributed by atoms with Crippen LogP contribution in [0.15, 0.2) is 47.2 Å². The van der Waals surface area contributed by atoms with Crippen LogP contribution in [0.5, 0.6) is 0 Å². The van der Waals surface area contributed by atoms with E-state index < -0.39 is 0 Å². The summed E-state index contributed by atoms with van der Waals surface area (Å²) in [7, 11) is 0. The highest BCUT2D eigenvalue weighted by Crippen LogP contribution is 2.34. The summed E-state index contributed by atoms with van der Waals surface area (Å²) in [6.07, 6.45) is 3.21. The topological polar surface area (TPSA) is 51.6 Å². The van der Waals surface area contributed by atoms with Gasteiger partial charge < -0.3 is 0 Å². The highest BCUT2D eigenvalue weighted by Gasteiger charge is 2.15. The number of hydrogen-bond donors (Lipinski definition) is 0. The van der Waals surface area contributed by atoms with Gasteiger partial charge in [0.25, 0.3) is 0 Å². The lowest BCUT2D eigenvalue weighted by molar-refractivity contribution is 1.08. The lowest BCUT2D eigenvalue weighted by Gasteiger charge is -2.08. The summed E-state index contributed by atoms with van der Waals surface area (Å²) in [5, 5.41) is 0.527. The fraction of sp³-hybridized carbons (Fsp3) is 0. The molecule has 0 aliphatic carbocycles. The largest absolute Gasteiger partial charge is 0.234 e. The van der Waals surface area contributed by atoms with E-state index in [4.69, 9.17) is 23.2 Å². The normalized spacial score (nSPS) is 10.6. The van der Waals surface area contributed by atoms with Crippen LogP contribution in [0.3, 0.4) is 0 Å². The van der Waals surface area contributed by atoms with Gasteiger partial charge in [-0.25, -0.2) is 19.9 Å². The van der Waals surface area contributed by atoms with E-state index in [0.29, 0.717) is 17.2 Å². The Morgan fingerprint density at radius 3 is 1.95 bits per heavy atom. The zero-order valence-corrected chi connectivity index (χ0v) is 13.6. The van der Waals surface area contributed by atoms with Crippen LogP contribution >= 0.6 is 39.1 Å². The van der Waals surface area contributed by atoms with Crippen LogP contribution in [0.4, 0.5) is 0 Å². The summed E-state index contributed by atoms with van der Waals surface area (Å²) in [6, 6.07) is 9.29. The quantitative estimate of drug-likeness (QED) is 0.605. The second kappa shape index (κ2) is 6.05. The Kier molecular flexibility index (Phi) is 4.14. The van der Waals surface area contributed by atoms with E-state index in [-0.39, 0.29) is 10.3 Å². The van der Waals surface area contributed by atoms with E-state index in [2.05, 4.69) is 35.9 Å². The lowest BCUT2D eigenvalue weighted by atomic mass is 10.1. The van der Waals surface area contributed by atoms with Crippen molar-refractivity contribution in [2.75, 3.05) is 0 Å². The molecule has 1 aromatic carbocycles. The van der Waals surface area contributed by atoms with Crippen molar-refractivity contribution in [3.63, 3.8) is 0 Å². The van der Waals surface area contributed by atoms with Crippen molar-refractivity contribution < 1.29 is 0 Å². The molecule has 0 saturated heterocycles. The van der Waals surface area contributed by atoms with Crippen LogP contribution in [-0.4, -0.2) is 19.9 Å². The molecule has 0 amide bonds. The molecule has 2 heterocycles. The molecule has 0 spiro atoms. The number of halogens is 3. The summed E-state index contributed by atoms with van der Waals surface area (Å²) < 4.78 is 0.966. The van der Waals surface area contributed by atoms with Crippen LogP contribution in [0.25, 0.3) is 22.8 Å². The molecule has 0 aliphatic rings. The van der Waals surface area contributed by atoms with E-state index in [1.807, 2.05) is 24.3 Å². The molecule has 3 aromatic rings. The zero-order chi connectivity index (χ0) is 14.8. The molecule has 104 valence electrons. The van der Waals surface area contributed by atoms with Gasteiger partial charge in [-0.15, -0.1) is 0 Å². The fourth-order valence-corrected chi connectivity index (χ4v) is 2.65. The van der Waals surface area contributed by atoms with Gasteiger partial charge in [-0.2, -0.15) is 0 Å². The van der Waals surface area contributed by atoms with Gasteiger partial charge in [-0.05, 0) is 23.8 Å². The first-order valence-corrected chi connectivity index (χ1v) is 7.46. The SMILES string of the molecule is Clc1nc(-c2ncccn2)nc(Cl)c1-c1ccc(Br)cc1. The molecule has 0 N–H and O–H groups in total. The number of rotatable bonds is 2. The Morgan fingerprint density at radius 1 is 0.810 bits per heavy atom. The molecule has 0 saturated carbocycles. The Morgan fingerprint density at radius 2 is 1.38 bits per heavy atom. The monoisotopic (exact) mass is 380 g/mol. The Bertz CT molecular complexity index is 756. The van der Waals surface area contributed by atoms with Crippen LogP contribution in [-0.2, 0) is 0 Å². The molecular weight excluding hydrogens is 375 g/mol. The maximum Gasteiger partial charge on any atom is 0.200 e. The summed E-state index contributed by atoms with van der Waals surface area (Å²) in [4.78, 5) is 16.6. The van der Waals surface area contributed by atoms with Crippen molar-refractivity contribution in [1.82, 2.24) is 19.9 Å². The van der Waals surface area contributed by atoms with Gasteiger partial charge in [0.1, 0.15) is 10.3 Å². The predicted octanol–water partition coefficient (Wildman–Crippen LogP) is 4.67. The molecule has 4 nitrogen and oxygen atoms in total. The van der Waals surface area contributed by atoms with Gasteiger partial charge in [0, 0.05) is 16.9 Å². The van der Waals surface area contributed by atoms with Crippen molar-refractivity contribution in [1.29, 1.82) is 0 Å². The van der Waals surface area contributed by atoms with Gasteiger partial charge in [0.2, 0.25) is 5.82 Å². The average Bonchev–Trinajstić information content (AvgIpc) is 2.49. The molecular formula is C14H7BrCl2N4. The minimum Gasteiger partial charge on any atom is -0.234 e. The first kappa shape index (κ1) is 14.4. The Hall–Kier alpha value is -1.56. The molecule has 0 aliphatic heterocycles. The highest BCUT2D eigenvalue weighted by molar-refractivity contribution is 9.10. The Labute approximate surface area is 139 Å². The first-order chi connectivity index (χ1) is 10.1. The lowest BCUT2D eigenvalue weighted by Crippen LogP contribution is -1.97. The summed E-state index contributed by atoms with van der Waals surface area (Å²) in [6.45, 7) is 0. The molecule has 0 unspecified atom stereocenters. The van der Waals surface area contributed by atoms with Crippen LogP contribution in [0, 0.1) is 0 Å². The van der Waals surface area contributed by atoms with Crippen molar-refractivity contribution in [2.45, 2.75) is 0 Å². The number of benzene rings is 1. The molecule has 0 bridgehead atoms. The van der Waals surface area contributed by atoms with Crippen molar-refractivity contribution >= 4 is 39.1 Å². The minimum absolute atomic E-state index is 0.264. The van der Waals surface area contributed by atoms with Crippen LogP contribution < -0.4 is 0 Å². The second-order valence-electron chi connectivity index (χ2n) is 4.08. The van der Waals surface area contributed by atoms with Gasteiger partial charge in [-0.3, -0.25) is 0 Å². The van der Waals surface area contributed by atoms with Crippen LogP contribution in [0.1, 0.15) is 0 Å². The molecule has 21 heavy (non-hydrogen) atoms. The van der Waals surface area contributed by atoms with Gasteiger partial charge >= 0.3 is 0 Å². The zero-order valence-electron chi connectivity index (χ0n) is 10.5. The third kappa shape index (κ3) is 3.05. The van der Waals surface area contributed by atoms with E-state index >= 15 is 0 Å². The van der Waals surface area contributed by atoms with E-state index in [9.17, 15) is 0 Å². The number of nitrogens with zero attached hydrogens (tertiary/aromatic N) is 4. The van der Waals surface area contributed by atoms with E-state index in [0.717, 1.165) is 10.0 Å². The second-order valence-corrected chi connectivity index (χ2v) is 5.71. The third-order valence-corrected chi connectivity index (χ3v) is 3.80. The Balaban J connectivity index is 2.11. The van der Waals surface area contributed by atoms with Gasteiger partial charge in [-0.1, -0.05) is 51.3 Å². The molecule has 0 fully saturated rings. The molecule has 2 aromatic heterocycles. The van der Waals surface area contributed by atoms with Gasteiger partial charge in [0.15, 0.2) is 5.82 Å². The van der Waals surface area contributed by atoms with E-state index in [1.54, 1.807) is 18.5 Å². The molecule has 3 rings (SSSR count). The maximum atomic E-state index is 6.26. The summed E-state index contributed by atoms with van der Waals surface area (Å²) in [5.74, 6) is 0.676. The first-order valence-electron chi connectivity index (χ1n) is 5.91.